The lowest BCUT2D eigenvalue weighted by Crippen LogP contribution is -2.40. The maximum Gasteiger partial charge on any atom is 0.242 e. The minimum Gasteiger partial charge on any atom is -0.347 e. The molecule has 0 saturated carbocycles. The summed E-state index contributed by atoms with van der Waals surface area (Å²) < 4.78 is 24.8. The van der Waals surface area contributed by atoms with Gasteiger partial charge in [0.25, 0.3) is 0 Å². The number of rotatable bonds is 4. The highest BCUT2D eigenvalue weighted by Gasteiger charge is 2.23. The van der Waals surface area contributed by atoms with Gasteiger partial charge in [-0.05, 0) is 24.6 Å². The molecule has 0 unspecified atom stereocenters. The normalized spacial score (nSPS) is 11.2. The average molecular weight is 305 g/mol. The molecule has 5 nitrogen and oxygen atoms in total. The Kier molecular flexibility index (Phi) is 4.81. The molecule has 1 aromatic carbocycles. The summed E-state index contributed by atoms with van der Waals surface area (Å²) in [5.41, 5.74) is 1.05. The van der Waals surface area contributed by atoms with Crippen molar-refractivity contribution in [3.63, 3.8) is 0 Å². The van der Waals surface area contributed by atoms with E-state index in [0.717, 1.165) is 10.6 Å². The maximum atomic E-state index is 11.9. The van der Waals surface area contributed by atoms with Gasteiger partial charge >= 0.3 is 0 Å². The van der Waals surface area contributed by atoms with Crippen LogP contribution in [-0.2, 0) is 14.8 Å². The molecule has 106 valence electrons. The number of amides is 1. The van der Waals surface area contributed by atoms with Gasteiger partial charge in [-0.2, -0.15) is 0 Å². The maximum absolute atomic E-state index is 11.9. The van der Waals surface area contributed by atoms with E-state index >= 15 is 0 Å². The monoisotopic (exact) mass is 304 g/mol. The Bertz CT molecular complexity index is 585. The summed E-state index contributed by atoms with van der Waals surface area (Å²) in [5.74, 6) is -0.301. The zero-order chi connectivity index (χ0) is 14.8. The summed E-state index contributed by atoms with van der Waals surface area (Å²) in [6.07, 6.45) is 1.07. The van der Waals surface area contributed by atoms with Crippen molar-refractivity contribution in [2.24, 2.45) is 0 Å². The van der Waals surface area contributed by atoms with Crippen molar-refractivity contribution < 1.29 is 13.2 Å². The van der Waals surface area contributed by atoms with Gasteiger partial charge in [0.1, 0.15) is 6.54 Å². The van der Waals surface area contributed by atoms with Crippen molar-refractivity contribution >= 4 is 33.2 Å². The third-order valence-electron chi connectivity index (χ3n) is 2.69. The quantitative estimate of drug-likeness (QED) is 0.847. The lowest BCUT2D eigenvalue weighted by molar-refractivity contribution is -0.127. The van der Waals surface area contributed by atoms with E-state index in [1.165, 1.54) is 4.90 Å². The Morgan fingerprint density at radius 2 is 1.89 bits per heavy atom. The summed E-state index contributed by atoms with van der Waals surface area (Å²) in [5, 5.41) is 0.462. The molecule has 0 aliphatic rings. The molecule has 0 spiro atoms. The number of benzene rings is 1. The third kappa shape index (κ3) is 3.84. The van der Waals surface area contributed by atoms with Crippen LogP contribution in [0.15, 0.2) is 18.2 Å². The molecular weight excluding hydrogens is 288 g/mol. The van der Waals surface area contributed by atoms with Crippen LogP contribution < -0.4 is 4.31 Å². The first-order chi connectivity index (χ1) is 8.64. The highest BCUT2D eigenvalue weighted by molar-refractivity contribution is 7.92. The molecule has 0 fully saturated rings. The summed E-state index contributed by atoms with van der Waals surface area (Å²) >= 11 is 5.99. The second-order valence-corrected chi connectivity index (χ2v) is 6.76. The molecule has 19 heavy (non-hydrogen) atoms. The second kappa shape index (κ2) is 5.79. The third-order valence-corrected chi connectivity index (χ3v) is 4.22. The van der Waals surface area contributed by atoms with E-state index in [0.29, 0.717) is 16.3 Å². The van der Waals surface area contributed by atoms with Gasteiger partial charge in [-0.15, -0.1) is 0 Å². The van der Waals surface area contributed by atoms with Crippen molar-refractivity contribution in [2.45, 2.75) is 6.92 Å². The summed E-state index contributed by atoms with van der Waals surface area (Å²) in [7, 11) is -0.405. The first kappa shape index (κ1) is 15.8. The van der Waals surface area contributed by atoms with Crippen LogP contribution in [0, 0.1) is 6.92 Å². The van der Waals surface area contributed by atoms with Crippen LogP contribution in [-0.4, -0.2) is 46.1 Å². The van der Waals surface area contributed by atoms with Gasteiger partial charge in [0, 0.05) is 19.1 Å². The first-order valence-electron chi connectivity index (χ1n) is 5.57. The number of carbonyl (C=O) groups excluding carboxylic acids is 1. The van der Waals surface area contributed by atoms with Gasteiger partial charge in [-0.3, -0.25) is 9.10 Å². The highest BCUT2D eigenvalue weighted by Crippen LogP contribution is 2.28. The number of likely N-dealkylation sites (N-methyl/N-ethyl adjacent to an activating group) is 1. The first-order valence-corrected chi connectivity index (χ1v) is 7.80. The Balaban J connectivity index is 3.26. The van der Waals surface area contributed by atoms with Crippen LogP contribution in [0.1, 0.15) is 5.56 Å². The molecule has 0 aliphatic carbocycles. The Hall–Kier alpha value is -1.27. The van der Waals surface area contributed by atoms with E-state index < -0.39 is 10.0 Å². The minimum atomic E-state index is -3.56. The van der Waals surface area contributed by atoms with Crippen LogP contribution in [0.4, 0.5) is 5.69 Å². The van der Waals surface area contributed by atoms with Crippen LogP contribution in [0.5, 0.6) is 0 Å². The Labute approximate surface area is 118 Å². The van der Waals surface area contributed by atoms with Crippen LogP contribution in [0.25, 0.3) is 0 Å². The van der Waals surface area contributed by atoms with E-state index in [-0.39, 0.29) is 12.5 Å². The zero-order valence-corrected chi connectivity index (χ0v) is 12.9. The smallest absolute Gasteiger partial charge is 0.242 e. The number of hydrogen-bond donors (Lipinski definition) is 0. The highest BCUT2D eigenvalue weighted by atomic mass is 35.5. The lowest BCUT2D eigenvalue weighted by atomic mass is 10.2. The topological polar surface area (TPSA) is 57.7 Å². The van der Waals surface area contributed by atoms with Crippen LogP contribution >= 0.6 is 11.6 Å². The molecule has 0 radical (unpaired) electrons. The molecule has 1 aromatic rings. The molecule has 0 heterocycles. The molecule has 0 atom stereocenters. The van der Waals surface area contributed by atoms with E-state index in [2.05, 4.69) is 0 Å². The van der Waals surface area contributed by atoms with Crippen LogP contribution in [0.3, 0.4) is 0 Å². The molecule has 0 bridgehead atoms. The Morgan fingerprint density at radius 1 is 1.32 bits per heavy atom. The largest absolute Gasteiger partial charge is 0.347 e. The van der Waals surface area contributed by atoms with Gasteiger partial charge in [-0.25, -0.2) is 8.42 Å². The fourth-order valence-corrected chi connectivity index (χ4v) is 2.58. The fourth-order valence-electron chi connectivity index (χ4n) is 1.51. The Morgan fingerprint density at radius 3 is 2.37 bits per heavy atom. The second-order valence-electron chi connectivity index (χ2n) is 4.44. The molecule has 7 heteroatoms. The van der Waals surface area contributed by atoms with Crippen molar-refractivity contribution in [2.75, 3.05) is 31.2 Å². The van der Waals surface area contributed by atoms with Crippen LogP contribution in [0.2, 0.25) is 5.02 Å². The number of nitrogens with zero attached hydrogens (tertiary/aromatic N) is 2. The summed E-state index contributed by atoms with van der Waals surface area (Å²) in [6, 6.07) is 4.96. The van der Waals surface area contributed by atoms with Crippen molar-refractivity contribution in [1.29, 1.82) is 0 Å². The van der Waals surface area contributed by atoms with Gasteiger partial charge in [0.2, 0.25) is 15.9 Å². The minimum absolute atomic E-state index is 0.243. The predicted octanol–water partition coefficient (Wildman–Crippen LogP) is 1.50. The number of hydrogen-bond acceptors (Lipinski definition) is 3. The number of sulfonamides is 1. The van der Waals surface area contributed by atoms with Gasteiger partial charge in [0.05, 0.1) is 11.9 Å². The molecule has 1 rings (SSSR count). The molecule has 0 aromatic heterocycles. The molecular formula is C12H17ClN2O3S. The number of carbonyl (C=O) groups is 1. The van der Waals surface area contributed by atoms with E-state index in [1.807, 2.05) is 0 Å². The summed E-state index contributed by atoms with van der Waals surface area (Å²) in [4.78, 5) is 13.1. The molecule has 0 aliphatic heterocycles. The van der Waals surface area contributed by atoms with E-state index in [1.54, 1.807) is 39.2 Å². The number of anilines is 1. The SMILES string of the molecule is Cc1c(Cl)cccc1N(CC(=O)N(C)C)S(C)(=O)=O. The van der Waals surface area contributed by atoms with Crippen molar-refractivity contribution in [1.82, 2.24) is 4.90 Å². The van der Waals surface area contributed by atoms with E-state index in [9.17, 15) is 13.2 Å². The number of halogens is 1. The van der Waals surface area contributed by atoms with Crippen molar-refractivity contribution in [3.8, 4) is 0 Å². The van der Waals surface area contributed by atoms with Gasteiger partial charge in [0.15, 0.2) is 0 Å². The zero-order valence-electron chi connectivity index (χ0n) is 11.3. The molecule has 0 saturated heterocycles. The summed E-state index contributed by atoms with van der Waals surface area (Å²) in [6.45, 7) is 1.48. The predicted molar refractivity (Wildman–Crippen MR) is 77.1 cm³/mol. The van der Waals surface area contributed by atoms with Crippen molar-refractivity contribution in [3.05, 3.63) is 28.8 Å². The molecule has 0 N–H and O–H groups in total. The fraction of sp³-hybridized carbons (Fsp3) is 0.417. The lowest BCUT2D eigenvalue weighted by Gasteiger charge is -2.25. The van der Waals surface area contributed by atoms with Gasteiger partial charge in [-0.1, -0.05) is 17.7 Å². The molecule has 1 amide bonds. The van der Waals surface area contributed by atoms with E-state index in [4.69, 9.17) is 11.6 Å². The van der Waals surface area contributed by atoms with Gasteiger partial charge < -0.3 is 4.90 Å². The standard InChI is InChI=1S/C12H17ClN2O3S/c1-9-10(13)6-5-7-11(9)15(19(4,17)18)8-12(16)14(2)3/h5-7H,8H2,1-4H3. The average Bonchev–Trinajstić information content (AvgIpc) is 2.28.